The Balaban J connectivity index is 2.12. The quantitative estimate of drug-likeness (QED) is 0.590. The molecule has 0 bridgehead atoms. The fourth-order valence-electron chi connectivity index (χ4n) is 1.64. The van der Waals surface area contributed by atoms with Gasteiger partial charge in [0.05, 0.1) is 17.4 Å². The zero-order valence-corrected chi connectivity index (χ0v) is 9.85. The van der Waals surface area contributed by atoms with Gasteiger partial charge in [-0.25, -0.2) is 9.78 Å². The molecule has 9 nitrogen and oxygen atoms in total. The van der Waals surface area contributed by atoms with Gasteiger partial charge >= 0.3 is 16.9 Å². The van der Waals surface area contributed by atoms with E-state index in [9.17, 15) is 19.7 Å². The summed E-state index contributed by atoms with van der Waals surface area (Å²) in [4.78, 5) is 38.2. The molecule has 0 atom stereocenters. The molecule has 0 unspecified atom stereocenters. The van der Waals surface area contributed by atoms with Gasteiger partial charge in [0.15, 0.2) is 0 Å². The third-order valence-corrected chi connectivity index (χ3v) is 2.56. The van der Waals surface area contributed by atoms with Gasteiger partial charge in [-0.3, -0.25) is 24.5 Å². The number of aryl methyl sites for hydroxylation is 2. The predicted octanol–water partition coefficient (Wildman–Crippen LogP) is -0.268. The lowest BCUT2D eigenvalue weighted by Gasteiger charge is -2.05. The second kappa shape index (κ2) is 5.29. The van der Waals surface area contributed by atoms with E-state index in [1.807, 2.05) is 9.55 Å². The van der Waals surface area contributed by atoms with Crippen LogP contribution in [0.25, 0.3) is 0 Å². The second-order valence-electron chi connectivity index (χ2n) is 3.88. The second-order valence-corrected chi connectivity index (χ2v) is 3.88. The standard InChI is InChI=1S/C10H11N5O4/c16-9-8(15(18)19)6-14(10(17)12-9)4-1-3-13-5-2-11-7-13/h2,5-7H,1,3-4H2,(H,12,16,17). The van der Waals surface area contributed by atoms with E-state index < -0.39 is 21.9 Å². The van der Waals surface area contributed by atoms with Crippen LogP contribution < -0.4 is 11.2 Å². The van der Waals surface area contributed by atoms with Crippen LogP contribution in [0.4, 0.5) is 5.69 Å². The minimum atomic E-state index is -0.985. The van der Waals surface area contributed by atoms with Crippen LogP contribution in [0, 0.1) is 10.1 Å². The van der Waals surface area contributed by atoms with Crippen LogP contribution in [0.2, 0.25) is 0 Å². The summed E-state index contributed by atoms with van der Waals surface area (Å²) in [6.07, 6.45) is 6.60. The Hall–Kier alpha value is -2.71. The van der Waals surface area contributed by atoms with Crippen molar-refractivity contribution in [2.75, 3.05) is 0 Å². The molecule has 0 aliphatic carbocycles. The Morgan fingerprint density at radius 3 is 2.79 bits per heavy atom. The first-order valence-electron chi connectivity index (χ1n) is 5.52. The van der Waals surface area contributed by atoms with E-state index in [0.29, 0.717) is 13.0 Å². The van der Waals surface area contributed by atoms with Crippen molar-refractivity contribution in [1.29, 1.82) is 0 Å². The zero-order valence-electron chi connectivity index (χ0n) is 9.85. The summed E-state index contributed by atoms with van der Waals surface area (Å²) in [7, 11) is 0. The lowest BCUT2D eigenvalue weighted by atomic mass is 10.4. The van der Waals surface area contributed by atoms with Gasteiger partial charge in [0.2, 0.25) is 0 Å². The monoisotopic (exact) mass is 265 g/mol. The van der Waals surface area contributed by atoms with Crippen molar-refractivity contribution in [2.24, 2.45) is 0 Å². The number of aromatic amines is 1. The molecule has 1 N–H and O–H groups in total. The Labute approximate surface area is 106 Å². The van der Waals surface area contributed by atoms with Crippen LogP contribution in [-0.2, 0) is 13.1 Å². The maximum Gasteiger partial charge on any atom is 0.350 e. The first-order valence-corrected chi connectivity index (χ1v) is 5.52. The van der Waals surface area contributed by atoms with Gasteiger partial charge in [-0.2, -0.15) is 0 Å². The number of H-pyrrole nitrogens is 1. The molecule has 100 valence electrons. The molecule has 9 heteroatoms. The SMILES string of the molecule is O=c1[nH]c(=O)n(CCCn2ccnc2)cc1[N+](=O)[O-]. The molecule has 0 saturated carbocycles. The van der Waals surface area contributed by atoms with Crippen molar-refractivity contribution in [3.05, 3.63) is 55.9 Å². The molecule has 2 aromatic rings. The van der Waals surface area contributed by atoms with E-state index >= 15 is 0 Å². The van der Waals surface area contributed by atoms with Gasteiger partial charge in [0, 0.05) is 25.5 Å². The molecule has 0 aliphatic heterocycles. The molecule has 2 heterocycles. The topological polar surface area (TPSA) is 116 Å². The van der Waals surface area contributed by atoms with Gasteiger partial charge in [-0.15, -0.1) is 0 Å². The Bertz CT molecular complexity index is 685. The first-order chi connectivity index (χ1) is 9.08. The Kier molecular flexibility index (Phi) is 3.55. The van der Waals surface area contributed by atoms with Gasteiger partial charge in [-0.1, -0.05) is 0 Å². The maximum atomic E-state index is 11.5. The van der Waals surface area contributed by atoms with E-state index in [1.165, 1.54) is 0 Å². The first kappa shape index (κ1) is 12.7. The molecule has 0 radical (unpaired) electrons. The highest BCUT2D eigenvalue weighted by molar-refractivity contribution is 5.20. The fraction of sp³-hybridized carbons (Fsp3) is 0.300. The number of nitro groups is 1. The third kappa shape index (κ3) is 2.94. The van der Waals surface area contributed by atoms with E-state index in [1.54, 1.807) is 18.7 Å². The minimum Gasteiger partial charge on any atom is -0.337 e. The summed E-state index contributed by atoms with van der Waals surface area (Å²) in [6, 6.07) is 0. The van der Waals surface area contributed by atoms with Gasteiger partial charge < -0.3 is 4.57 Å². The molecule has 2 rings (SSSR count). The van der Waals surface area contributed by atoms with E-state index in [4.69, 9.17) is 0 Å². The molecular formula is C10H11N5O4. The van der Waals surface area contributed by atoms with Crippen molar-refractivity contribution < 1.29 is 4.92 Å². The maximum absolute atomic E-state index is 11.5. The van der Waals surface area contributed by atoms with Gasteiger partial charge in [0.25, 0.3) is 0 Å². The average Bonchev–Trinajstić information content (AvgIpc) is 2.84. The molecule has 2 aromatic heterocycles. The number of nitrogens with zero attached hydrogens (tertiary/aromatic N) is 4. The van der Waals surface area contributed by atoms with E-state index in [-0.39, 0.29) is 6.54 Å². The molecule has 0 saturated heterocycles. The van der Waals surface area contributed by atoms with Crippen molar-refractivity contribution >= 4 is 5.69 Å². The van der Waals surface area contributed by atoms with Gasteiger partial charge in [0.1, 0.15) is 0 Å². The molecule has 0 spiro atoms. The fourth-order valence-corrected chi connectivity index (χ4v) is 1.64. The Morgan fingerprint density at radius 1 is 1.37 bits per heavy atom. The predicted molar refractivity (Wildman–Crippen MR) is 64.8 cm³/mol. The van der Waals surface area contributed by atoms with Crippen LogP contribution in [0.15, 0.2) is 34.5 Å². The molecule has 0 amide bonds. The molecule has 19 heavy (non-hydrogen) atoms. The highest BCUT2D eigenvalue weighted by atomic mass is 16.6. The van der Waals surface area contributed by atoms with Crippen LogP contribution in [0.1, 0.15) is 6.42 Å². The summed E-state index contributed by atoms with van der Waals surface area (Å²) in [5.41, 5.74) is -2.27. The molecule has 0 aromatic carbocycles. The Morgan fingerprint density at radius 2 is 2.16 bits per heavy atom. The van der Waals surface area contributed by atoms with Crippen molar-refractivity contribution in [1.82, 2.24) is 19.1 Å². The lowest BCUT2D eigenvalue weighted by Crippen LogP contribution is -2.31. The average molecular weight is 265 g/mol. The molecule has 0 fully saturated rings. The summed E-state index contributed by atoms with van der Waals surface area (Å²) >= 11 is 0. The van der Waals surface area contributed by atoms with Crippen LogP contribution in [0.3, 0.4) is 0 Å². The highest BCUT2D eigenvalue weighted by Gasteiger charge is 2.14. The summed E-state index contributed by atoms with van der Waals surface area (Å²) in [5.74, 6) is 0. The third-order valence-electron chi connectivity index (χ3n) is 2.56. The van der Waals surface area contributed by atoms with Gasteiger partial charge in [-0.05, 0) is 6.42 Å². The number of hydrogen-bond donors (Lipinski definition) is 1. The molecule has 0 aliphatic rings. The van der Waals surface area contributed by atoms with Crippen molar-refractivity contribution in [3.8, 4) is 0 Å². The summed E-state index contributed by atoms with van der Waals surface area (Å²) < 4.78 is 2.95. The number of hydrogen-bond acceptors (Lipinski definition) is 5. The van der Waals surface area contributed by atoms with Crippen molar-refractivity contribution in [3.63, 3.8) is 0 Å². The van der Waals surface area contributed by atoms with Crippen LogP contribution >= 0.6 is 0 Å². The largest absolute Gasteiger partial charge is 0.350 e. The lowest BCUT2D eigenvalue weighted by molar-refractivity contribution is -0.386. The number of nitrogens with one attached hydrogen (secondary N) is 1. The van der Waals surface area contributed by atoms with E-state index in [0.717, 1.165) is 10.8 Å². The minimum absolute atomic E-state index is 0.272. The van der Waals surface area contributed by atoms with Crippen LogP contribution in [0.5, 0.6) is 0 Å². The number of imidazole rings is 1. The molecular weight excluding hydrogens is 254 g/mol. The smallest absolute Gasteiger partial charge is 0.337 e. The van der Waals surface area contributed by atoms with Crippen LogP contribution in [-0.4, -0.2) is 24.0 Å². The summed E-state index contributed by atoms with van der Waals surface area (Å²) in [6.45, 7) is 0.897. The zero-order chi connectivity index (χ0) is 13.8. The number of aromatic nitrogens is 4. The van der Waals surface area contributed by atoms with E-state index in [2.05, 4.69) is 4.98 Å². The normalized spacial score (nSPS) is 10.5. The summed E-state index contributed by atoms with van der Waals surface area (Å²) in [5, 5.41) is 10.6. The van der Waals surface area contributed by atoms with Crippen molar-refractivity contribution in [2.45, 2.75) is 19.5 Å². The number of rotatable bonds is 5. The highest BCUT2D eigenvalue weighted by Crippen LogP contribution is 2.00.